The van der Waals surface area contributed by atoms with E-state index in [9.17, 15) is 9.18 Å². The normalized spacial score (nSPS) is 20.0. The summed E-state index contributed by atoms with van der Waals surface area (Å²) >= 11 is 3.27. The molecule has 0 aromatic heterocycles. The number of amides is 1. The van der Waals surface area contributed by atoms with Crippen LogP contribution in [-0.2, 0) is 0 Å². The first-order valence-corrected chi connectivity index (χ1v) is 7.03. The lowest BCUT2D eigenvalue weighted by molar-refractivity contribution is 0.0678. The minimum absolute atomic E-state index is 0.185. The molecule has 1 aliphatic heterocycles. The topological polar surface area (TPSA) is 20.3 Å². The van der Waals surface area contributed by atoms with E-state index in [2.05, 4.69) is 22.9 Å². The fourth-order valence-corrected chi connectivity index (χ4v) is 2.68. The molecule has 0 saturated carbocycles. The monoisotopic (exact) mass is 313 g/mol. The second kappa shape index (κ2) is 5.39. The molecule has 1 aromatic carbocycles. The van der Waals surface area contributed by atoms with Gasteiger partial charge in [0.2, 0.25) is 0 Å². The van der Waals surface area contributed by atoms with Crippen LogP contribution in [-0.4, -0.2) is 23.9 Å². The van der Waals surface area contributed by atoms with E-state index in [1.807, 2.05) is 6.92 Å². The number of piperidine rings is 1. The van der Waals surface area contributed by atoms with E-state index in [0.29, 0.717) is 10.4 Å². The average molecular weight is 314 g/mol. The third kappa shape index (κ3) is 2.74. The number of hydrogen-bond donors (Lipinski definition) is 0. The van der Waals surface area contributed by atoms with E-state index in [1.54, 1.807) is 11.0 Å². The summed E-state index contributed by atoms with van der Waals surface area (Å²) < 4.78 is 14.6. The largest absolute Gasteiger partial charge is 0.338 e. The predicted octanol–water partition coefficient (Wildman–Crippen LogP) is 3.77. The fraction of sp³-hybridized carbons (Fsp3) is 0.500. The maximum Gasteiger partial charge on any atom is 0.256 e. The van der Waals surface area contributed by atoms with Gasteiger partial charge in [-0.05, 0) is 43.4 Å². The van der Waals surface area contributed by atoms with Crippen LogP contribution in [0, 0.1) is 18.7 Å². The van der Waals surface area contributed by atoms with Crippen LogP contribution in [0.15, 0.2) is 16.6 Å². The first-order valence-electron chi connectivity index (χ1n) is 6.24. The number of halogens is 2. The van der Waals surface area contributed by atoms with Gasteiger partial charge in [-0.2, -0.15) is 0 Å². The summed E-state index contributed by atoms with van der Waals surface area (Å²) in [6, 6.07) is 3.00. The lowest BCUT2D eigenvalue weighted by Gasteiger charge is -2.31. The highest BCUT2D eigenvalue weighted by Crippen LogP contribution is 2.23. The first-order chi connectivity index (χ1) is 8.49. The van der Waals surface area contributed by atoms with Gasteiger partial charge in [0.25, 0.3) is 5.91 Å². The molecule has 0 bridgehead atoms. The van der Waals surface area contributed by atoms with Gasteiger partial charge < -0.3 is 4.90 Å². The van der Waals surface area contributed by atoms with Gasteiger partial charge in [-0.25, -0.2) is 4.39 Å². The Morgan fingerprint density at radius 2 is 2.22 bits per heavy atom. The van der Waals surface area contributed by atoms with Crippen molar-refractivity contribution in [2.45, 2.75) is 26.7 Å². The van der Waals surface area contributed by atoms with Crippen molar-refractivity contribution < 1.29 is 9.18 Å². The number of carbonyl (C=O) groups is 1. The Balaban J connectivity index is 2.25. The molecule has 18 heavy (non-hydrogen) atoms. The van der Waals surface area contributed by atoms with Crippen LogP contribution in [0.1, 0.15) is 35.7 Å². The van der Waals surface area contributed by atoms with Crippen LogP contribution < -0.4 is 0 Å². The number of rotatable bonds is 1. The Hall–Kier alpha value is -0.900. The quantitative estimate of drug-likeness (QED) is 0.773. The van der Waals surface area contributed by atoms with E-state index < -0.39 is 5.82 Å². The minimum Gasteiger partial charge on any atom is -0.338 e. The summed E-state index contributed by atoms with van der Waals surface area (Å²) in [6.45, 7) is 5.45. The highest BCUT2D eigenvalue weighted by molar-refractivity contribution is 9.10. The Bertz CT molecular complexity index is 475. The van der Waals surface area contributed by atoms with Gasteiger partial charge in [-0.15, -0.1) is 0 Å². The van der Waals surface area contributed by atoms with Crippen molar-refractivity contribution in [1.29, 1.82) is 0 Å². The minimum atomic E-state index is -0.448. The molecule has 4 heteroatoms. The molecule has 2 rings (SSSR count). The fourth-order valence-electron chi connectivity index (χ4n) is 2.37. The Morgan fingerprint density at radius 3 is 2.89 bits per heavy atom. The van der Waals surface area contributed by atoms with Crippen molar-refractivity contribution in [3.05, 3.63) is 33.5 Å². The molecule has 1 atom stereocenters. The van der Waals surface area contributed by atoms with Gasteiger partial charge in [0.05, 0.1) is 5.56 Å². The highest BCUT2D eigenvalue weighted by Gasteiger charge is 2.24. The van der Waals surface area contributed by atoms with Gasteiger partial charge >= 0.3 is 0 Å². The lowest BCUT2D eigenvalue weighted by Crippen LogP contribution is -2.39. The highest BCUT2D eigenvalue weighted by atomic mass is 79.9. The number of likely N-dealkylation sites (tertiary alicyclic amines) is 1. The molecule has 1 aromatic rings. The smallest absolute Gasteiger partial charge is 0.256 e. The van der Waals surface area contributed by atoms with Crippen molar-refractivity contribution in [3.63, 3.8) is 0 Å². The summed E-state index contributed by atoms with van der Waals surface area (Å²) in [7, 11) is 0. The molecule has 2 nitrogen and oxygen atoms in total. The van der Waals surface area contributed by atoms with Crippen LogP contribution >= 0.6 is 15.9 Å². The van der Waals surface area contributed by atoms with Gasteiger partial charge in [0.1, 0.15) is 5.82 Å². The van der Waals surface area contributed by atoms with Gasteiger partial charge in [0.15, 0.2) is 0 Å². The molecule has 0 aliphatic carbocycles. The maximum absolute atomic E-state index is 13.9. The molecule has 1 fully saturated rings. The van der Waals surface area contributed by atoms with E-state index in [-0.39, 0.29) is 11.5 Å². The molecular weight excluding hydrogens is 297 g/mol. The molecule has 0 N–H and O–H groups in total. The van der Waals surface area contributed by atoms with E-state index in [4.69, 9.17) is 0 Å². The molecule has 1 amide bonds. The van der Waals surface area contributed by atoms with Crippen molar-refractivity contribution in [2.24, 2.45) is 5.92 Å². The summed E-state index contributed by atoms with van der Waals surface area (Å²) in [5.74, 6) is -0.132. The number of aryl methyl sites for hydroxylation is 1. The van der Waals surface area contributed by atoms with Gasteiger partial charge in [-0.1, -0.05) is 22.9 Å². The van der Waals surface area contributed by atoms with E-state index in [0.717, 1.165) is 31.5 Å². The first kappa shape index (κ1) is 13.5. The SMILES string of the molecule is Cc1cc(C(=O)N2CCCC(C)C2)c(F)cc1Br. The van der Waals surface area contributed by atoms with Gasteiger partial charge in [0, 0.05) is 17.6 Å². The molecular formula is C14H17BrFNO. The zero-order valence-corrected chi connectivity index (χ0v) is 12.3. The second-order valence-corrected chi connectivity index (χ2v) is 5.93. The molecule has 0 radical (unpaired) electrons. The predicted molar refractivity (Wildman–Crippen MR) is 73.1 cm³/mol. The molecule has 1 unspecified atom stereocenters. The third-order valence-electron chi connectivity index (χ3n) is 3.42. The third-order valence-corrected chi connectivity index (χ3v) is 4.28. The Kier molecular flexibility index (Phi) is 4.05. The maximum atomic E-state index is 13.9. The second-order valence-electron chi connectivity index (χ2n) is 5.08. The summed E-state index contributed by atoms with van der Waals surface area (Å²) in [4.78, 5) is 14.1. The number of carbonyl (C=O) groups excluding carboxylic acids is 1. The standard InChI is InChI=1S/C14H17BrFNO/c1-9-4-3-5-17(8-9)14(18)11-6-10(2)12(15)7-13(11)16/h6-7,9H,3-5,8H2,1-2H3. The van der Waals surface area contributed by atoms with E-state index >= 15 is 0 Å². The molecule has 1 heterocycles. The zero-order valence-electron chi connectivity index (χ0n) is 10.7. The summed E-state index contributed by atoms with van der Waals surface area (Å²) in [5.41, 5.74) is 1.06. The van der Waals surface area contributed by atoms with Crippen LogP contribution in [0.2, 0.25) is 0 Å². The Morgan fingerprint density at radius 1 is 1.50 bits per heavy atom. The number of hydrogen-bond acceptors (Lipinski definition) is 1. The van der Waals surface area contributed by atoms with Crippen molar-refractivity contribution in [2.75, 3.05) is 13.1 Å². The molecule has 0 spiro atoms. The van der Waals surface area contributed by atoms with Crippen LogP contribution in [0.25, 0.3) is 0 Å². The molecule has 1 aliphatic rings. The van der Waals surface area contributed by atoms with E-state index in [1.165, 1.54) is 6.07 Å². The van der Waals surface area contributed by atoms with Crippen molar-refractivity contribution in [3.8, 4) is 0 Å². The van der Waals surface area contributed by atoms with Crippen LogP contribution in [0.5, 0.6) is 0 Å². The molecule has 98 valence electrons. The van der Waals surface area contributed by atoms with Crippen molar-refractivity contribution in [1.82, 2.24) is 4.90 Å². The Labute approximate surface area is 115 Å². The van der Waals surface area contributed by atoms with Crippen LogP contribution in [0.4, 0.5) is 4.39 Å². The average Bonchev–Trinajstić information content (AvgIpc) is 2.33. The summed E-state index contributed by atoms with van der Waals surface area (Å²) in [6.07, 6.45) is 2.15. The number of nitrogens with zero attached hydrogens (tertiary/aromatic N) is 1. The zero-order chi connectivity index (χ0) is 13.3. The molecule has 1 saturated heterocycles. The van der Waals surface area contributed by atoms with Gasteiger partial charge in [-0.3, -0.25) is 4.79 Å². The van der Waals surface area contributed by atoms with Crippen molar-refractivity contribution >= 4 is 21.8 Å². The summed E-state index contributed by atoms with van der Waals surface area (Å²) in [5, 5.41) is 0. The van der Waals surface area contributed by atoms with Crippen LogP contribution in [0.3, 0.4) is 0 Å². The lowest BCUT2D eigenvalue weighted by atomic mass is 9.99. The number of benzene rings is 1.